The molecule has 1 heterocycles. The lowest BCUT2D eigenvalue weighted by Crippen LogP contribution is -2.37. The summed E-state index contributed by atoms with van der Waals surface area (Å²) < 4.78 is 0. The second-order valence-corrected chi connectivity index (χ2v) is 4.79. The summed E-state index contributed by atoms with van der Waals surface area (Å²) in [6, 6.07) is 5.96. The van der Waals surface area contributed by atoms with Crippen LogP contribution in [0.4, 0.5) is 5.82 Å². The second kappa shape index (κ2) is 5.75. The molecule has 106 valence electrons. The number of phenolic OH excluding ortho intramolecular Hbond substituents is 1. The van der Waals surface area contributed by atoms with E-state index in [0.717, 1.165) is 16.8 Å². The molecule has 1 atom stereocenters. The van der Waals surface area contributed by atoms with Gasteiger partial charge in [-0.25, -0.2) is 0 Å². The Kier molecular flexibility index (Phi) is 4.05. The van der Waals surface area contributed by atoms with Crippen molar-refractivity contribution in [3.63, 3.8) is 0 Å². The predicted molar refractivity (Wildman–Crippen MR) is 76.5 cm³/mol. The minimum Gasteiger partial charge on any atom is -0.508 e. The van der Waals surface area contributed by atoms with Crippen LogP contribution in [0.2, 0.25) is 0 Å². The number of nitrogens with one attached hydrogen (secondary N) is 2. The lowest BCUT2D eigenvalue weighted by Gasteiger charge is -2.11. The number of benzene rings is 1. The number of carbonyl (C=O) groups is 1. The van der Waals surface area contributed by atoms with Crippen LogP contribution in [0.15, 0.2) is 24.3 Å². The van der Waals surface area contributed by atoms with Crippen LogP contribution in [0.3, 0.4) is 0 Å². The number of amides is 1. The second-order valence-electron chi connectivity index (χ2n) is 4.79. The first-order valence-corrected chi connectivity index (χ1v) is 6.33. The van der Waals surface area contributed by atoms with E-state index in [4.69, 9.17) is 5.73 Å². The highest BCUT2D eigenvalue weighted by Crippen LogP contribution is 2.15. The molecule has 0 aliphatic carbocycles. The van der Waals surface area contributed by atoms with Gasteiger partial charge in [0.25, 0.3) is 0 Å². The molecule has 6 nitrogen and oxygen atoms in total. The number of aromatic nitrogens is 2. The summed E-state index contributed by atoms with van der Waals surface area (Å²) in [6.45, 7) is 3.76. The van der Waals surface area contributed by atoms with Crippen molar-refractivity contribution < 1.29 is 9.90 Å². The molecular formula is C14H18N4O2. The normalized spacial score (nSPS) is 12.2. The van der Waals surface area contributed by atoms with E-state index < -0.39 is 6.04 Å². The first-order valence-electron chi connectivity index (χ1n) is 6.33. The number of hydrogen-bond acceptors (Lipinski definition) is 4. The summed E-state index contributed by atoms with van der Waals surface area (Å²) >= 11 is 0. The van der Waals surface area contributed by atoms with Gasteiger partial charge in [0, 0.05) is 11.3 Å². The fourth-order valence-electron chi connectivity index (χ4n) is 1.79. The van der Waals surface area contributed by atoms with Gasteiger partial charge >= 0.3 is 0 Å². The van der Waals surface area contributed by atoms with E-state index in [1.165, 1.54) is 0 Å². The molecule has 2 rings (SSSR count). The SMILES string of the molecule is Cc1[nH]nc(NC(=O)[C@H](N)Cc2ccc(O)cc2)c1C. The lowest BCUT2D eigenvalue weighted by molar-refractivity contribution is -0.117. The van der Waals surface area contributed by atoms with Gasteiger partial charge in [-0.15, -0.1) is 0 Å². The fraction of sp³-hybridized carbons (Fsp3) is 0.286. The maximum absolute atomic E-state index is 12.0. The number of H-pyrrole nitrogens is 1. The maximum Gasteiger partial charge on any atom is 0.242 e. The first-order chi connectivity index (χ1) is 9.47. The number of hydrogen-bond donors (Lipinski definition) is 4. The van der Waals surface area contributed by atoms with Gasteiger partial charge in [0.15, 0.2) is 5.82 Å². The van der Waals surface area contributed by atoms with Crippen LogP contribution in [0.25, 0.3) is 0 Å². The molecule has 0 aliphatic heterocycles. The van der Waals surface area contributed by atoms with E-state index in [-0.39, 0.29) is 11.7 Å². The Hall–Kier alpha value is -2.34. The van der Waals surface area contributed by atoms with Gasteiger partial charge in [0.2, 0.25) is 5.91 Å². The number of aryl methyl sites for hydroxylation is 1. The summed E-state index contributed by atoms with van der Waals surface area (Å²) in [5, 5.41) is 18.7. The molecule has 0 spiro atoms. The van der Waals surface area contributed by atoms with E-state index in [0.29, 0.717) is 12.2 Å². The zero-order chi connectivity index (χ0) is 14.7. The third-order valence-corrected chi connectivity index (χ3v) is 3.22. The highest BCUT2D eigenvalue weighted by Gasteiger charge is 2.17. The minimum atomic E-state index is -0.670. The van der Waals surface area contributed by atoms with E-state index in [2.05, 4.69) is 15.5 Å². The van der Waals surface area contributed by atoms with Crippen molar-refractivity contribution in [3.8, 4) is 5.75 Å². The monoisotopic (exact) mass is 274 g/mol. The molecule has 20 heavy (non-hydrogen) atoms. The average Bonchev–Trinajstić information content (AvgIpc) is 2.73. The number of anilines is 1. The molecule has 0 aliphatic rings. The number of carbonyl (C=O) groups excluding carboxylic acids is 1. The first kappa shape index (κ1) is 14.1. The molecule has 0 saturated heterocycles. The summed E-state index contributed by atoms with van der Waals surface area (Å²) in [5.41, 5.74) is 8.58. The summed E-state index contributed by atoms with van der Waals surface area (Å²) in [7, 11) is 0. The quantitative estimate of drug-likeness (QED) is 0.673. The van der Waals surface area contributed by atoms with Gasteiger partial charge in [0.05, 0.1) is 6.04 Å². The number of aromatic hydroxyl groups is 1. The molecule has 1 amide bonds. The molecular weight excluding hydrogens is 256 g/mol. The summed E-state index contributed by atoms with van der Waals surface area (Å²) in [5.74, 6) is 0.413. The molecule has 0 saturated carbocycles. The summed E-state index contributed by atoms with van der Waals surface area (Å²) in [6.07, 6.45) is 0.397. The molecule has 0 fully saturated rings. The number of phenols is 1. The topological polar surface area (TPSA) is 104 Å². The van der Waals surface area contributed by atoms with Gasteiger partial charge in [-0.2, -0.15) is 5.10 Å². The van der Waals surface area contributed by atoms with Crippen molar-refractivity contribution in [2.75, 3.05) is 5.32 Å². The number of rotatable bonds is 4. The van der Waals surface area contributed by atoms with Crippen LogP contribution in [-0.2, 0) is 11.2 Å². The molecule has 1 aromatic carbocycles. The van der Waals surface area contributed by atoms with Crippen LogP contribution >= 0.6 is 0 Å². The van der Waals surface area contributed by atoms with E-state index in [9.17, 15) is 9.90 Å². The van der Waals surface area contributed by atoms with Gasteiger partial charge in [-0.1, -0.05) is 12.1 Å². The van der Waals surface area contributed by atoms with Crippen LogP contribution in [0, 0.1) is 13.8 Å². The summed E-state index contributed by atoms with van der Waals surface area (Å²) in [4.78, 5) is 12.0. The maximum atomic E-state index is 12.0. The van der Waals surface area contributed by atoms with Crippen molar-refractivity contribution in [1.82, 2.24) is 10.2 Å². The van der Waals surface area contributed by atoms with Crippen molar-refractivity contribution >= 4 is 11.7 Å². The van der Waals surface area contributed by atoms with Crippen LogP contribution in [0.5, 0.6) is 5.75 Å². The molecule has 0 radical (unpaired) electrons. The fourth-order valence-corrected chi connectivity index (χ4v) is 1.79. The van der Waals surface area contributed by atoms with Crippen LogP contribution in [-0.4, -0.2) is 27.3 Å². The van der Waals surface area contributed by atoms with Crippen molar-refractivity contribution in [2.45, 2.75) is 26.3 Å². The van der Waals surface area contributed by atoms with Gasteiger partial charge < -0.3 is 16.2 Å². The Morgan fingerprint density at radius 1 is 1.40 bits per heavy atom. The van der Waals surface area contributed by atoms with Crippen molar-refractivity contribution in [3.05, 3.63) is 41.1 Å². The Morgan fingerprint density at radius 3 is 2.60 bits per heavy atom. The molecule has 6 heteroatoms. The number of nitrogens with zero attached hydrogens (tertiary/aromatic N) is 1. The largest absolute Gasteiger partial charge is 0.508 e. The number of nitrogens with two attached hydrogens (primary N) is 1. The molecule has 0 unspecified atom stereocenters. The Morgan fingerprint density at radius 2 is 2.05 bits per heavy atom. The minimum absolute atomic E-state index is 0.189. The van der Waals surface area contributed by atoms with Gasteiger partial charge in [0.1, 0.15) is 5.75 Å². The third kappa shape index (κ3) is 3.16. The zero-order valence-electron chi connectivity index (χ0n) is 11.5. The zero-order valence-corrected chi connectivity index (χ0v) is 11.5. The third-order valence-electron chi connectivity index (χ3n) is 3.22. The van der Waals surface area contributed by atoms with E-state index >= 15 is 0 Å². The predicted octanol–water partition coefficient (Wildman–Crippen LogP) is 1.24. The standard InChI is InChI=1S/C14H18N4O2/c1-8-9(2)17-18-13(8)16-14(20)12(15)7-10-3-5-11(19)6-4-10/h3-6,12,19H,7,15H2,1-2H3,(H2,16,17,18,20)/t12-/m1/s1. The average molecular weight is 274 g/mol. The molecule has 0 bridgehead atoms. The van der Waals surface area contributed by atoms with E-state index in [1.54, 1.807) is 24.3 Å². The lowest BCUT2D eigenvalue weighted by atomic mass is 10.1. The molecule has 1 aromatic heterocycles. The van der Waals surface area contributed by atoms with Crippen LogP contribution in [0.1, 0.15) is 16.8 Å². The molecule has 2 aromatic rings. The Labute approximate surface area is 117 Å². The highest BCUT2D eigenvalue weighted by molar-refractivity contribution is 5.94. The highest BCUT2D eigenvalue weighted by atomic mass is 16.3. The molecule has 5 N–H and O–H groups in total. The Bertz CT molecular complexity index is 604. The van der Waals surface area contributed by atoms with Gasteiger partial charge in [-0.05, 0) is 38.0 Å². The smallest absolute Gasteiger partial charge is 0.242 e. The number of aromatic amines is 1. The van der Waals surface area contributed by atoms with Crippen molar-refractivity contribution in [2.24, 2.45) is 5.73 Å². The Balaban J connectivity index is 1.98. The van der Waals surface area contributed by atoms with Gasteiger partial charge in [-0.3, -0.25) is 9.89 Å². The van der Waals surface area contributed by atoms with Crippen LogP contribution < -0.4 is 11.1 Å². The van der Waals surface area contributed by atoms with Crippen molar-refractivity contribution in [1.29, 1.82) is 0 Å². The van der Waals surface area contributed by atoms with E-state index in [1.807, 2.05) is 13.8 Å².